The van der Waals surface area contributed by atoms with E-state index in [-0.39, 0.29) is 18.3 Å². The minimum absolute atomic E-state index is 0.000910. The molecule has 0 bridgehead atoms. The van der Waals surface area contributed by atoms with Crippen LogP contribution in [0.25, 0.3) is 11.2 Å². The van der Waals surface area contributed by atoms with Crippen molar-refractivity contribution < 1.29 is 24.1 Å². The number of aliphatic hydroxyl groups is 1. The molecule has 6 rings (SSSR count). The van der Waals surface area contributed by atoms with Gasteiger partial charge >= 0.3 is 0 Å². The quantitative estimate of drug-likeness (QED) is 0.433. The normalized spacial score (nSPS) is 23.7. The average Bonchev–Trinajstić information content (AvgIpc) is 3.45. The second kappa shape index (κ2) is 8.90. The van der Waals surface area contributed by atoms with Crippen molar-refractivity contribution in [2.24, 2.45) is 0 Å². The maximum atomic E-state index is 11.0. The van der Waals surface area contributed by atoms with E-state index in [1.165, 1.54) is 13.4 Å². The standard InChI is InChI=1S/C25H25N5O5/c1-32-22-21(31)19(35-25(22)30-13-29-20-23(26)27-12-28-24(20)30)11-33-10-16-14-6-2-4-8-17(14)34-18-9-5-3-7-15(16)18/h2-9,12-13,16,19,21-22,25,31H,10-11H2,1H3,(H2,26,27,28)/t19-,21-,22-,25-/m1/s1. The zero-order chi connectivity index (χ0) is 23.9. The third-order valence-corrected chi connectivity index (χ3v) is 6.62. The molecule has 10 heteroatoms. The molecule has 0 unspecified atom stereocenters. The van der Waals surface area contributed by atoms with E-state index in [0.29, 0.717) is 17.8 Å². The van der Waals surface area contributed by atoms with Crippen molar-refractivity contribution >= 4 is 17.0 Å². The predicted molar refractivity (Wildman–Crippen MR) is 126 cm³/mol. The Balaban J connectivity index is 1.20. The third-order valence-electron chi connectivity index (χ3n) is 6.62. The lowest BCUT2D eigenvalue weighted by molar-refractivity contribution is -0.0694. The molecule has 1 fully saturated rings. The highest BCUT2D eigenvalue weighted by molar-refractivity contribution is 5.81. The Morgan fingerprint density at radius 2 is 1.71 bits per heavy atom. The van der Waals surface area contributed by atoms with Gasteiger partial charge in [0.1, 0.15) is 41.7 Å². The maximum Gasteiger partial charge on any atom is 0.167 e. The molecule has 0 amide bonds. The van der Waals surface area contributed by atoms with Crippen LogP contribution in [-0.4, -0.2) is 63.3 Å². The molecule has 0 spiro atoms. The number of para-hydroxylation sites is 2. The highest BCUT2D eigenvalue weighted by Gasteiger charge is 2.46. The van der Waals surface area contributed by atoms with Crippen LogP contribution >= 0.6 is 0 Å². The fourth-order valence-electron chi connectivity index (χ4n) is 4.88. The van der Waals surface area contributed by atoms with E-state index < -0.39 is 24.5 Å². The number of ether oxygens (including phenoxy) is 4. The number of imidazole rings is 1. The van der Waals surface area contributed by atoms with Gasteiger partial charge in [0.25, 0.3) is 0 Å². The van der Waals surface area contributed by atoms with Gasteiger partial charge < -0.3 is 29.8 Å². The smallest absolute Gasteiger partial charge is 0.167 e. The molecule has 10 nitrogen and oxygen atoms in total. The largest absolute Gasteiger partial charge is 0.457 e. The summed E-state index contributed by atoms with van der Waals surface area (Å²) in [4.78, 5) is 12.6. The third kappa shape index (κ3) is 3.71. The molecule has 3 N–H and O–H groups in total. The number of nitrogens with zero attached hydrogens (tertiary/aromatic N) is 4. The first-order chi connectivity index (χ1) is 17.2. The molecule has 0 radical (unpaired) electrons. The topological polar surface area (TPSA) is 127 Å². The number of rotatable bonds is 6. The van der Waals surface area contributed by atoms with Crippen molar-refractivity contribution in [2.75, 3.05) is 26.1 Å². The van der Waals surface area contributed by atoms with Crippen LogP contribution < -0.4 is 10.5 Å². The van der Waals surface area contributed by atoms with Gasteiger partial charge in [0, 0.05) is 24.2 Å². The monoisotopic (exact) mass is 475 g/mol. The van der Waals surface area contributed by atoms with E-state index in [0.717, 1.165) is 22.6 Å². The summed E-state index contributed by atoms with van der Waals surface area (Å²) in [5, 5.41) is 11.0. The lowest BCUT2D eigenvalue weighted by Gasteiger charge is -2.28. The van der Waals surface area contributed by atoms with E-state index in [1.807, 2.05) is 36.4 Å². The second-order valence-corrected chi connectivity index (χ2v) is 8.61. The first-order valence-electron chi connectivity index (χ1n) is 11.4. The highest BCUT2D eigenvalue weighted by atomic mass is 16.6. The van der Waals surface area contributed by atoms with E-state index in [4.69, 9.17) is 24.7 Å². The van der Waals surface area contributed by atoms with Crippen LogP contribution in [0.1, 0.15) is 23.3 Å². The highest BCUT2D eigenvalue weighted by Crippen LogP contribution is 2.44. The van der Waals surface area contributed by atoms with E-state index in [1.54, 1.807) is 10.9 Å². The summed E-state index contributed by atoms with van der Waals surface area (Å²) in [7, 11) is 1.53. The molecule has 180 valence electrons. The van der Waals surface area contributed by atoms with Gasteiger partial charge in [-0.05, 0) is 12.1 Å². The SMILES string of the molecule is CO[C@@H]1[C@H](O)[C@@H](COCC2c3ccccc3Oc3ccccc32)O[C@H]1n1cnc2c(N)ncnc21. The van der Waals surface area contributed by atoms with Crippen LogP contribution in [0.5, 0.6) is 11.5 Å². The molecular weight excluding hydrogens is 450 g/mol. The first-order valence-corrected chi connectivity index (χ1v) is 11.4. The van der Waals surface area contributed by atoms with Crippen LogP contribution in [0.4, 0.5) is 5.82 Å². The van der Waals surface area contributed by atoms with Gasteiger partial charge in [-0.1, -0.05) is 36.4 Å². The average molecular weight is 476 g/mol. The number of aliphatic hydroxyl groups excluding tert-OH is 1. The molecule has 2 aromatic carbocycles. The number of hydrogen-bond donors (Lipinski definition) is 2. The molecule has 2 aliphatic rings. The van der Waals surface area contributed by atoms with Crippen LogP contribution in [0.3, 0.4) is 0 Å². The van der Waals surface area contributed by atoms with Crippen LogP contribution in [0.2, 0.25) is 0 Å². The molecule has 2 aliphatic heterocycles. The van der Waals surface area contributed by atoms with Gasteiger partial charge in [0.05, 0.1) is 19.5 Å². The van der Waals surface area contributed by atoms with Crippen molar-refractivity contribution in [1.82, 2.24) is 19.5 Å². The van der Waals surface area contributed by atoms with Crippen molar-refractivity contribution in [1.29, 1.82) is 0 Å². The van der Waals surface area contributed by atoms with Crippen molar-refractivity contribution in [3.05, 3.63) is 72.3 Å². The van der Waals surface area contributed by atoms with Crippen molar-refractivity contribution in [3.63, 3.8) is 0 Å². The summed E-state index contributed by atoms with van der Waals surface area (Å²) in [6.45, 7) is 0.590. The van der Waals surface area contributed by atoms with E-state index in [2.05, 4.69) is 27.1 Å². The molecule has 1 saturated heterocycles. The van der Waals surface area contributed by atoms with Crippen molar-refractivity contribution in [3.8, 4) is 11.5 Å². The molecule has 0 saturated carbocycles. The zero-order valence-corrected chi connectivity index (χ0v) is 19.0. The molecule has 4 aromatic rings. The summed E-state index contributed by atoms with van der Waals surface area (Å²) in [5.74, 6) is 1.92. The van der Waals surface area contributed by atoms with Crippen LogP contribution in [-0.2, 0) is 14.2 Å². The molecule has 4 heterocycles. The number of nitrogens with two attached hydrogens (primary N) is 1. The van der Waals surface area contributed by atoms with E-state index >= 15 is 0 Å². The number of fused-ring (bicyclic) bond motifs is 3. The van der Waals surface area contributed by atoms with Gasteiger partial charge in [0.2, 0.25) is 0 Å². The Hall–Kier alpha value is -3.57. The lowest BCUT2D eigenvalue weighted by Crippen LogP contribution is -2.35. The molecule has 4 atom stereocenters. The number of hydrogen-bond acceptors (Lipinski definition) is 9. The number of benzene rings is 2. The van der Waals surface area contributed by atoms with Gasteiger partial charge in [-0.25, -0.2) is 15.0 Å². The Morgan fingerprint density at radius 1 is 1.00 bits per heavy atom. The Morgan fingerprint density at radius 3 is 2.43 bits per heavy atom. The van der Waals surface area contributed by atoms with Gasteiger partial charge in [0.15, 0.2) is 17.7 Å². The Kier molecular flexibility index (Phi) is 5.57. The first kappa shape index (κ1) is 21.9. The lowest BCUT2D eigenvalue weighted by atomic mass is 9.88. The van der Waals surface area contributed by atoms with Crippen molar-refractivity contribution in [2.45, 2.75) is 30.5 Å². The summed E-state index contributed by atoms with van der Waals surface area (Å²) >= 11 is 0. The van der Waals surface area contributed by atoms with Gasteiger partial charge in [-0.15, -0.1) is 0 Å². The molecule has 0 aliphatic carbocycles. The second-order valence-electron chi connectivity index (χ2n) is 8.61. The minimum Gasteiger partial charge on any atom is -0.457 e. The number of aromatic nitrogens is 4. The number of anilines is 1. The van der Waals surface area contributed by atoms with Crippen LogP contribution in [0, 0.1) is 0 Å². The minimum atomic E-state index is -0.907. The summed E-state index contributed by atoms with van der Waals surface area (Å²) < 4.78 is 25.7. The van der Waals surface area contributed by atoms with Gasteiger partial charge in [-0.2, -0.15) is 0 Å². The summed E-state index contributed by atoms with van der Waals surface area (Å²) in [6, 6.07) is 15.9. The fourth-order valence-corrected chi connectivity index (χ4v) is 4.88. The predicted octanol–water partition coefficient (Wildman–Crippen LogP) is 2.64. The molecular formula is C25H25N5O5. The number of methoxy groups -OCH3 is 1. The maximum absolute atomic E-state index is 11.0. The van der Waals surface area contributed by atoms with Gasteiger partial charge in [-0.3, -0.25) is 4.57 Å². The van der Waals surface area contributed by atoms with Crippen LogP contribution in [0.15, 0.2) is 61.2 Å². The van der Waals surface area contributed by atoms with E-state index in [9.17, 15) is 5.11 Å². The summed E-state index contributed by atoms with van der Waals surface area (Å²) in [5.41, 5.74) is 9.02. The molecule has 35 heavy (non-hydrogen) atoms. The Bertz CT molecular complexity index is 1320. The number of nitrogen functional groups attached to an aromatic ring is 1. The molecule has 2 aromatic heterocycles. The summed E-state index contributed by atoms with van der Waals surface area (Å²) in [6.07, 6.45) is 0.141. The Labute approximate surface area is 201 Å². The fraction of sp³-hybridized carbons (Fsp3) is 0.320. The zero-order valence-electron chi connectivity index (χ0n) is 19.0.